The molecule has 1 aromatic heterocycles. The third kappa shape index (κ3) is 6.00. The molecule has 4 N–H and O–H groups in total. The number of aromatic amines is 1. The Morgan fingerprint density at radius 3 is 2.64 bits per heavy atom. The smallest absolute Gasteiger partial charge is 0.413 e. The Labute approximate surface area is 189 Å². The minimum Gasteiger partial charge on any atom is -0.413 e. The number of rotatable bonds is 9. The van der Waals surface area contributed by atoms with Crippen molar-refractivity contribution in [3.8, 4) is 17.6 Å². The number of hydrogen-bond donors (Lipinski definition) is 4. The van der Waals surface area contributed by atoms with E-state index in [2.05, 4.69) is 21.9 Å². The Morgan fingerprint density at radius 1 is 1.24 bits per heavy atom. The van der Waals surface area contributed by atoms with E-state index in [4.69, 9.17) is 13.8 Å². The standard InChI is InChI=1S/C21H26N3O8P/c1-3-8-14-12-24(21(28)23-19(14)27)20-18(26)17(25)16(31-20)13-30-33(29,22-11-4-2)32-15-9-6-5-7-10-15/h5-7,9-10,12,16-18,20,25-26H,4,11,13H2,1-2H3,(H,22,29)(H,23,27,28)/t16-,17-,18+,20-,33?/m1/s1. The molecule has 0 radical (unpaired) electrons. The van der Waals surface area contributed by atoms with Crippen LogP contribution in [0.1, 0.15) is 32.1 Å². The molecular weight excluding hydrogens is 453 g/mol. The topological polar surface area (TPSA) is 152 Å². The Balaban J connectivity index is 1.77. The van der Waals surface area contributed by atoms with Crippen LogP contribution in [0.3, 0.4) is 0 Å². The van der Waals surface area contributed by atoms with Gasteiger partial charge in [0.05, 0.1) is 6.61 Å². The lowest BCUT2D eigenvalue weighted by Crippen LogP contribution is -2.38. The zero-order chi connectivity index (χ0) is 24.0. The summed E-state index contributed by atoms with van der Waals surface area (Å²) in [4.78, 5) is 26.2. The van der Waals surface area contributed by atoms with Gasteiger partial charge in [0.25, 0.3) is 5.56 Å². The van der Waals surface area contributed by atoms with Gasteiger partial charge < -0.3 is 19.5 Å². The van der Waals surface area contributed by atoms with Crippen molar-refractivity contribution in [2.75, 3.05) is 13.2 Å². The number of nitrogens with zero attached hydrogens (tertiary/aromatic N) is 1. The first-order valence-electron chi connectivity index (χ1n) is 10.3. The quantitative estimate of drug-likeness (QED) is 0.301. The molecule has 3 rings (SSSR count). The van der Waals surface area contributed by atoms with Gasteiger partial charge in [-0.05, 0) is 25.5 Å². The number of benzene rings is 1. The Morgan fingerprint density at radius 2 is 1.97 bits per heavy atom. The van der Waals surface area contributed by atoms with Crippen LogP contribution in [0.5, 0.6) is 5.75 Å². The highest BCUT2D eigenvalue weighted by molar-refractivity contribution is 7.52. The van der Waals surface area contributed by atoms with Gasteiger partial charge in [-0.1, -0.05) is 31.0 Å². The molecule has 1 aliphatic rings. The van der Waals surface area contributed by atoms with Crippen LogP contribution in [-0.4, -0.2) is 51.2 Å². The number of aromatic nitrogens is 2. The van der Waals surface area contributed by atoms with Crippen molar-refractivity contribution < 1.29 is 28.6 Å². The zero-order valence-corrected chi connectivity index (χ0v) is 19.0. The van der Waals surface area contributed by atoms with Crippen LogP contribution in [0.4, 0.5) is 0 Å². The van der Waals surface area contributed by atoms with E-state index in [0.29, 0.717) is 18.7 Å². The largest absolute Gasteiger partial charge is 0.458 e. The number of aliphatic hydroxyl groups is 2. The highest BCUT2D eigenvalue weighted by Gasteiger charge is 2.45. The fraction of sp³-hybridized carbons (Fsp3) is 0.429. The van der Waals surface area contributed by atoms with Gasteiger partial charge in [-0.3, -0.25) is 18.9 Å². The summed E-state index contributed by atoms with van der Waals surface area (Å²) in [5.41, 5.74) is -1.53. The normalized spacial score (nSPS) is 24.0. The molecule has 0 saturated carbocycles. The third-order valence-corrected chi connectivity index (χ3v) is 6.32. The van der Waals surface area contributed by atoms with Gasteiger partial charge in [0, 0.05) is 12.7 Å². The van der Waals surface area contributed by atoms with E-state index in [1.54, 1.807) is 30.3 Å². The summed E-state index contributed by atoms with van der Waals surface area (Å²) < 4.78 is 30.8. The van der Waals surface area contributed by atoms with E-state index in [1.165, 1.54) is 6.92 Å². The van der Waals surface area contributed by atoms with Gasteiger partial charge in [-0.25, -0.2) is 14.4 Å². The molecule has 2 aromatic rings. The molecule has 5 atom stereocenters. The van der Waals surface area contributed by atoms with Crippen LogP contribution in [-0.2, 0) is 13.8 Å². The molecule has 1 aromatic carbocycles. The zero-order valence-electron chi connectivity index (χ0n) is 18.1. The molecule has 1 aliphatic heterocycles. The summed E-state index contributed by atoms with van der Waals surface area (Å²) in [6, 6.07) is 8.43. The van der Waals surface area contributed by atoms with Crippen molar-refractivity contribution in [1.82, 2.24) is 14.6 Å². The van der Waals surface area contributed by atoms with Gasteiger partial charge in [0.1, 0.15) is 29.6 Å². The number of hydrogen-bond acceptors (Lipinski definition) is 8. The summed E-state index contributed by atoms with van der Waals surface area (Å²) in [6.07, 6.45) is -3.65. The molecule has 11 nitrogen and oxygen atoms in total. The highest BCUT2D eigenvalue weighted by atomic mass is 31.2. The summed E-state index contributed by atoms with van der Waals surface area (Å²) in [6.45, 7) is 3.34. The summed E-state index contributed by atoms with van der Waals surface area (Å²) >= 11 is 0. The SMILES string of the molecule is CC#Cc1cn([C@@H]2O[C@H](COP(=O)(NCCC)Oc3ccccc3)[C@@H](O)[C@@H]2O)c(=O)[nH]c1=O. The van der Waals surface area contributed by atoms with Crippen molar-refractivity contribution in [2.24, 2.45) is 0 Å². The van der Waals surface area contributed by atoms with Crippen LogP contribution >= 0.6 is 7.75 Å². The van der Waals surface area contributed by atoms with E-state index >= 15 is 0 Å². The second-order valence-electron chi connectivity index (χ2n) is 7.24. The fourth-order valence-corrected chi connectivity index (χ4v) is 4.59. The predicted molar refractivity (Wildman–Crippen MR) is 119 cm³/mol. The van der Waals surface area contributed by atoms with E-state index in [-0.39, 0.29) is 5.56 Å². The van der Waals surface area contributed by atoms with E-state index < -0.39 is 50.1 Å². The number of para-hydroxylation sites is 1. The lowest BCUT2D eigenvalue weighted by Gasteiger charge is -2.22. The second kappa shape index (κ2) is 10.9. The van der Waals surface area contributed by atoms with E-state index in [9.17, 15) is 24.4 Å². The lowest BCUT2D eigenvalue weighted by atomic mass is 10.1. The van der Waals surface area contributed by atoms with Crippen molar-refractivity contribution in [3.63, 3.8) is 0 Å². The molecule has 2 heterocycles. The summed E-state index contributed by atoms with van der Waals surface area (Å²) in [7, 11) is -3.84. The van der Waals surface area contributed by atoms with Gasteiger partial charge in [-0.2, -0.15) is 0 Å². The van der Waals surface area contributed by atoms with Gasteiger partial charge in [0.2, 0.25) is 0 Å². The minimum absolute atomic E-state index is 0.00776. The van der Waals surface area contributed by atoms with E-state index in [1.807, 2.05) is 6.92 Å². The van der Waals surface area contributed by atoms with Crippen LogP contribution in [0.25, 0.3) is 0 Å². The van der Waals surface area contributed by atoms with Gasteiger partial charge >= 0.3 is 13.4 Å². The molecule has 1 fully saturated rings. The molecule has 12 heteroatoms. The van der Waals surface area contributed by atoms with Gasteiger partial charge in [-0.15, -0.1) is 5.92 Å². The molecular formula is C21H26N3O8P. The lowest BCUT2D eigenvalue weighted by molar-refractivity contribution is -0.0526. The predicted octanol–water partition coefficient (Wildman–Crippen LogP) is 0.730. The first kappa shape index (κ1) is 24.9. The van der Waals surface area contributed by atoms with Crippen LogP contribution in [0, 0.1) is 11.8 Å². The van der Waals surface area contributed by atoms with Gasteiger partial charge in [0.15, 0.2) is 6.23 Å². The Hall–Kier alpha value is -2.71. The Kier molecular flexibility index (Phi) is 8.26. The number of nitrogens with one attached hydrogen (secondary N) is 2. The van der Waals surface area contributed by atoms with Crippen LogP contribution in [0.2, 0.25) is 0 Å². The van der Waals surface area contributed by atoms with Crippen molar-refractivity contribution in [3.05, 3.63) is 62.9 Å². The second-order valence-corrected chi connectivity index (χ2v) is 8.99. The van der Waals surface area contributed by atoms with Crippen molar-refractivity contribution in [2.45, 2.75) is 44.8 Å². The first-order valence-corrected chi connectivity index (χ1v) is 11.9. The highest BCUT2D eigenvalue weighted by Crippen LogP contribution is 2.45. The average molecular weight is 479 g/mol. The summed E-state index contributed by atoms with van der Waals surface area (Å²) in [5, 5.41) is 23.6. The average Bonchev–Trinajstić information content (AvgIpc) is 3.07. The molecule has 33 heavy (non-hydrogen) atoms. The summed E-state index contributed by atoms with van der Waals surface area (Å²) in [5.74, 6) is 5.43. The van der Waals surface area contributed by atoms with Crippen LogP contribution < -0.4 is 20.9 Å². The van der Waals surface area contributed by atoms with Crippen molar-refractivity contribution in [1.29, 1.82) is 0 Å². The number of ether oxygens (including phenoxy) is 1. The maximum Gasteiger partial charge on any atom is 0.458 e. The molecule has 0 spiro atoms. The fourth-order valence-electron chi connectivity index (χ4n) is 3.14. The van der Waals surface area contributed by atoms with Crippen LogP contribution in [0.15, 0.2) is 46.1 Å². The Bertz CT molecular complexity index is 1170. The maximum atomic E-state index is 13.2. The van der Waals surface area contributed by atoms with E-state index in [0.717, 1.165) is 10.8 Å². The monoisotopic (exact) mass is 479 g/mol. The maximum absolute atomic E-state index is 13.2. The molecule has 178 valence electrons. The molecule has 0 amide bonds. The molecule has 1 unspecified atom stereocenters. The number of H-pyrrole nitrogens is 1. The van der Waals surface area contributed by atoms with Crippen molar-refractivity contribution >= 4 is 7.75 Å². The molecule has 1 saturated heterocycles. The molecule has 0 aliphatic carbocycles. The first-order chi connectivity index (χ1) is 15.8. The minimum atomic E-state index is -3.84. The number of aliphatic hydroxyl groups excluding tert-OH is 2. The third-order valence-electron chi connectivity index (χ3n) is 4.77. The molecule has 0 bridgehead atoms.